The topological polar surface area (TPSA) is 51.9 Å². The molecule has 0 bridgehead atoms. The van der Waals surface area contributed by atoms with E-state index in [-0.39, 0.29) is 23.8 Å². The minimum atomic E-state index is -0.334. The largest absolute Gasteiger partial charge is 0.466 e. The number of fused-ring (bicyclic) bond motifs is 6. The third-order valence-corrected chi connectivity index (χ3v) is 9.09. The summed E-state index contributed by atoms with van der Waals surface area (Å²) in [6, 6.07) is 0.149. The van der Waals surface area contributed by atoms with Crippen molar-refractivity contribution in [3.63, 3.8) is 0 Å². The Kier molecular flexibility index (Phi) is 5.56. The van der Waals surface area contributed by atoms with E-state index in [0.29, 0.717) is 42.4 Å². The number of nitrogens with one attached hydrogen (secondary N) is 1. The van der Waals surface area contributed by atoms with Crippen molar-refractivity contribution in [2.45, 2.75) is 82.9 Å². The van der Waals surface area contributed by atoms with Gasteiger partial charge in [0, 0.05) is 36.3 Å². The molecule has 1 heterocycles. The van der Waals surface area contributed by atoms with Gasteiger partial charge in [-0.1, -0.05) is 12.8 Å². The maximum Gasteiger partial charge on any atom is 0.317 e. The minimum absolute atomic E-state index is 0.117. The molecule has 9 atom stereocenters. The van der Waals surface area contributed by atoms with Crippen LogP contribution in [0, 0.1) is 42.1 Å². The van der Waals surface area contributed by atoms with Crippen LogP contribution < -0.4 is 5.32 Å². The van der Waals surface area contributed by atoms with Crippen molar-refractivity contribution in [3.8, 4) is 0 Å². The third kappa shape index (κ3) is 3.09. The Balaban J connectivity index is 1.55. The average molecular weight is 413 g/mol. The van der Waals surface area contributed by atoms with Gasteiger partial charge in [-0.15, -0.1) is 0 Å². The molecule has 0 amide bonds. The van der Waals surface area contributed by atoms with E-state index in [1.807, 2.05) is 14.0 Å². The van der Waals surface area contributed by atoms with E-state index in [1.54, 1.807) is 0 Å². The highest BCUT2D eigenvalue weighted by Crippen LogP contribution is 2.58. The summed E-state index contributed by atoms with van der Waals surface area (Å²) in [4.78, 5) is 17.5. The van der Waals surface area contributed by atoms with Gasteiger partial charge >= 0.3 is 5.97 Å². The molecule has 3 saturated carbocycles. The highest BCUT2D eigenvalue weighted by Gasteiger charge is 2.61. The molecule has 5 heteroatoms. The van der Waals surface area contributed by atoms with Crippen LogP contribution in [0.3, 0.4) is 0 Å². The van der Waals surface area contributed by atoms with Crippen LogP contribution in [0.2, 0.25) is 0 Å². The van der Waals surface area contributed by atoms with Gasteiger partial charge in [0.15, 0.2) is 0 Å². The molecule has 0 aromatic heterocycles. The van der Waals surface area contributed by atoms with Gasteiger partial charge in [-0.05, 0) is 69.6 Å². The van der Waals surface area contributed by atoms with Gasteiger partial charge < -0.3 is 19.6 Å². The van der Waals surface area contributed by atoms with Gasteiger partial charge in [-0.25, -0.2) is 6.57 Å². The number of nitrogens with zero attached hydrogens (tertiary/aromatic N) is 1. The van der Waals surface area contributed by atoms with Crippen LogP contribution in [-0.4, -0.2) is 37.9 Å². The van der Waals surface area contributed by atoms with Crippen LogP contribution in [0.25, 0.3) is 4.85 Å². The van der Waals surface area contributed by atoms with Crippen LogP contribution in [-0.2, 0) is 14.3 Å². The molecule has 30 heavy (non-hydrogen) atoms. The van der Waals surface area contributed by atoms with Crippen LogP contribution >= 0.6 is 0 Å². The second-order valence-electron chi connectivity index (χ2n) is 10.2. The van der Waals surface area contributed by atoms with Crippen molar-refractivity contribution >= 4 is 5.97 Å². The summed E-state index contributed by atoms with van der Waals surface area (Å²) in [6.45, 7) is 10.4. The molecule has 0 aromatic rings. The normalized spacial score (nSPS) is 44.6. The molecular weight excluding hydrogens is 376 g/mol. The number of hydrogen-bond donors (Lipinski definition) is 1. The molecule has 0 spiro atoms. The number of hydrogen-bond acceptors (Lipinski definition) is 4. The van der Waals surface area contributed by atoms with Crippen LogP contribution in [0.4, 0.5) is 0 Å². The third-order valence-electron chi connectivity index (χ3n) is 9.09. The number of ether oxygens (including phenoxy) is 2. The summed E-state index contributed by atoms with van der Waals surface area (Å²) < 4.78 is 11.3. The van der Waals surface area contributed by atoms with E-state index < -0.39 is 0 Å². The molecule has 5 aliphatic rings. The number of rotatable bonds is 3. The maximum atomic E-state index is 13.3. The number of allylic oxidation sites excluding steroid dienone is 1. The monoisotopic (exact) mass is 412 g/mol. The van der Waals surface area contributed by atoms with Crippen molar-refractivity contribution in [1.82, 2.24) is 5.32 Å². The van der Waals surface area contributed by atoms with Gasteiger partial charge in [0.2, 0.25) is 0 Å². The van der Waals surface area contributed by atoms with Crippen LogP contribution in [0.1, 0.15) is 64.7 Å². The number of carbonyl (C=O) groups excluding carboxylic acids is 1. The molecule has 9 unspecified atom stereocenters. The van der Waals surface area contributed by atoms with Gasteiger partial charge in [-0.3, -0.25) is 4.79 Å². The van der Waals surface area contributed by atoms with E-state index in [1.165, 1.54) is 37.0 Å². The van der Waals surface area contributed by atoms with E-state index in [0.717, 1.165) is 32.1 Å². The van der Waals surface area contributed by atoms with E-state index in [9.17, 15) is 4.79 Å². The van der Waals surface area contributed by atoms with Gasteiger partial charge in [0.25, 0.3) is 6.04 Å². The molecule has 0 aromatic carbocycles. The quantitative estimate of drug-likeness (QED) is 0.553. The van der Waals surface area contributed by atoms with Crippen molar-refractivity contribution in [3.05, 3.63) is 22.7 Å². The van der Waals surface area contributed by atoms with E-state index in [2.05, 4.69) is 10.2 Å². The predicted octanol–water partition coefficient (Wildman–Crippen LogP) is 4.34. The molecule has 4 aliphatic carbocycles. The second kappa shape index (κ2) is 8.19. The van der Waals surface area contributed by atoms with Gasteiger partial charge in [0.1, 0.15) is 5.92 Å². The number of esters is 1. The first-order valence-corrected chi connectivity index (χ1v) is 12.2. The molecule has 5 nitrogen and oxygen atoms in total. The van der Waals surface area contributed by atoms with Crippen molar-refractivity contribution in [2.24, 2.45) is 35.5 Å². The Morgan fingerprint density at radius 1 is 1.13 bits per heavy atom. The highest BCUT2D eigenvalue weighted by molar-refractivity contribution is 5.76. The smallest absolute Gasteiger partial charge is 0.317 e. The Morgan fingerprint density at radius 3 is 2.73 bits per heavy atom. The fourth-order valence-corrected chi connectivity index (χ4v) is 7.97. The first-order chi connectivity index (χ1) is 14.7. The van der Waals surface area contributed by atoms with Crippen LogP contribution in [0.5, 0.6) is 0 Å². The number of methoxy groups -OCH3 is 1. The predicted molar refractivity (Wildman–Crippen MR) is 114 cm³/mol. The molecular formula is C25H36N2O3. The Labute approximate surface area is 180 Å². The minimum Gasteiger partial charge on any atom is -0.466 e. The average Bonchev–Trinajstić information content (AvgIpc) is 3.17. The molecule has 1 N–H and O–H groups in total. The molecule has 3 fully saturated rings. The van der Waals surface area contributed by atoms with Crippen molar-refractivity contribution in [2.75, 3.05) is 13.7 Å². The molecule has 0 saturated heterocycles. The summed E-state index contributed by atoms with van der Waals surface area (Å²) in [5.41, 5.74) is 2.68. The first-order valence-electron chi connectivity index (χ1n) is 12.2. The summed E-state index contributed by atoms with van der Waals surface area (Å²) in [7, 11) is 1.83. The Hall–Kier alpha value is -1.54. The lowest BCUT2D eigenvalue weighted by Crippen LogP contribution is -2.52. The maximum absolute atomic E-state index is 13.3. The zero-order valence-electron chi connectivity index (χ0n) is 18.4. The number of carbonyl (C=O) groups is 1. The molecule has 0 radical (unpaired) electrons. The SMILES string of the molecule is [C-]#[N+]C1C2=C(NC3CCCCC23)C2CCC3CC(OC)CCC3C2C1C(=O)OCC. The lowest BCUT2D eigenvalue weighted by molar-refractivity contribution is -0.155. The fourth-order valence-electron chi connectivity index (χ4n) is 7.97. The van der Waals surface area contributed by atoms with Gasteiger partial charge in [-0.2, -0.15) is 0 Å². The highest BCUT2D eigenvalue weighted by atomic mass is 16.5. The fraction of sp³-hybridized carbons (Fsp3) is 0.840. The lowest BCUT2D eigenvalue weighted by Gasteiger charge is -2.51. The van der Waals surface area contributed by atoms with Crippen molar-refractivity contribution in [1.29, 1.82) is 0 Å². The zero-order chi connectivity index (χ0) is 20.8. The Morgan fingerprint density at radius 2 is 1.97 bits per heavy atom. The van der Waals surface area contributed by atoms with E-state index >= 15 is 0 Å². The summed E-state index contributed by atoms with van der Waals surface area (Å²) in [6.07, 6.45) is 10.9. The standard InChI is InChI=1S/C25H36N2O3/c1-4-30-25(28)22-20-16-12-10-15(29-3)13-14(16)9-11-18(20)23-21(24(22)26-2)17-7-5-6-8-19(17)27-23/h14-20,22,24,27H,4-13H2,1,3H3. The first kappa shape index (κ1) is 20.4. The molecule has 1 aliphatic heterocycles. The zero-order valence-corrected chi connectivity index (χ0v) is 18.4. The van der Waals surface area contributed by atoms with Gasteiger partial charge in [0.05, 0.1) is 12.7 Å². The lowest BCUT2D eigenvalue weighted by atomic mass is 9.53. The molecule has 164 valence electrons. The Bertz CT molecular complexity index is 756. The second-order valence-corrected chi connectivity index (χ2v) is 10.2. The summed E-state index contributed by atoms with van der Waals surface area (Å²) in [5.74, 6) is 1.80. The summed E-state index contributed by atoms with van der Waals surface area (Å²) >= 11 is 0. The van der Waals surface area contributed by atoms with Crippen LogP contribution in [0.15, 0.2) is 11.3 Å². The summed E-state index contributed by atoms with van der Waals surface area (Å²) in [5, 5.41) is 3.92. The molecule has 5 rings (SSSR count). The van der Waals surface area contributed by atoms with Crippen molar-refractivity contribution < 1.29 is 14.3 Å². The van der Waals surface area contributed by atoms with E-state index in [4.69, 9.17) is 16.0 Å².